The van der Waals surface area contributed by atoms with Crippen molar-refractivity contribution < 1.29 is 4.79 Å². The van der Waals surface area contributed by atoms with Crippen molar-refractivity contribution in [3.8, 4) is 0 Å². The van der Waals surface area contributed by atoms with Crippen LogP contribution in [-0.2, 0) is 4.79 Å². The van der Waals surface area contributed by atoms with Gasteiger partial charge in [0.15, 0.2) is 0 Å². The first kappa shape index (κ1) is 10.9. The van der Waals surface area contributed by atoms with E-state index < -0.39 is 0 Å². The van der Waals surface area contributed by atoms with E-state index in [4.69, 9.17) is 5.73 Å². The maximum atomic E-state index is 10.9. The van der Waals surface area contributed by atoms with Crippen LogP contribution >= 0.6 is 11.8 Å². The molecule has 76 valence electrons. The molecule has 3 N–H and O–H groups in total. The fraction of sp³-hybridized carbons (Fsp3) is 0.300. The summed E-state index contributed by atoms with van der Waals surface area (Å²) in [6.45, 7) is 0. The zero-order valence-corrected chi connectivity index (χ0v) is 8.93. The maximum absolute atomic E-state index is 10.9. The van der Waals surface area contributed by atoms with Crippen LogP contribution in [0.4, 0.5) is 5.69 Å². The third kappa shape index (κ3) is 3.70. The number of rotatable bonds is 4. The van der Waals surface area contributed by atoms with Gasteiger partial charge in [-0.3, -0.25) is 4.79 Å². The van der Waals surface area contributed by atoms with Crippen LogP contribution in [0.3, 0.4) is 0 Å². The molecular weight excluding hydrogens is 196 g/mol. The Morgan fingerprint density at radius 2 is 2.36 bits per heavy atom. The molecule has 1 amide bonds. The van der Waals surface area contributed by atoms with Crippen LogP contribution in [0.2, 0.25) is 0 Å². The normalized spacial score (nSPS) is 9.79. The molecule has 0 unspecified atom stereocenters. The van der Waals surface area contributed by atoms with E-state index in [2.05, 4.69) is 5.32 Å². The quantitative estimate of drug-likeness (QED) is 0.585. The molecule has 0 saturated heterocycles. The Morgan fingerprint density at radius 3 is 3.00 bits per heavy atom. The molecule has 0 heterocycles. The van der Waals surface area contributed by atoms with Gasteiger partial charge in [-0.15, -0.1) is 11.8 Å². The van der Waals surface area contributed by atoms with Crippen molar-refractivity contribution >= 4 is 23.4 Å². The van der Waals surface area contributed by atoms with E-state index in [0.29, 0.717) is 6.42 Å². The summed E-state index contributed by atoms with van der Waals surface area (Å²) in [5.74, 6) is 0.852. The van der Waals surface area contributed by atoms with Crippen LogP contribution in [0.1, 0.15) is 6.42 Å². The highest BCUT2D eigenvalue weighted by molar-refractivity contribution is 7.99. The minimum Gasteiger partial charge on any atom is -0.399 e. The van der Waals surface area contributed by atoms with Gasteiger partial charge in [0.05, 0.1) is 0 Å². The Kier molecular flexibility index (Phi) is 4.32. The third-order valence-corrected chi connectivity index (χ3v) is 2.73. The third-order valence-electron chi connectivity index (χ3n) is 1.73. The smallest absolute Gasteiger partial charge is 0.220 e. The first-order valence-corrected chi connectivity index (χ1v) is 5.40. The fourth-order valence-corrected chi connectivity index (χ4v) is 1.91. The minimum absolute atomic E-state index is 0.0707. The molecule has 0 atom stereocenters. The van der Waals surface area contributed by atoms with Gasteiger partial charge in [0.2, 0.25) is 5.91 Å². The highest BCUT2D eigenvalue weighted by Crippen LogP contribution is 2.20. The lowest BCUT2D eigenvalue weighted by atomic mass is 10.3. The topological polar surface area (TPSA) is 55.1 Å². The average Bonchev–Trinajstić information content (AvgIpc) is 2.17. The van der Waals surface area contributed by atoms with Crippen molar-refractivity contribution in [2.45, 2.75) is 11.3 Å². The molecule has 0 radical (unpaired) electrons. The van der Waals surface area contributed by atoms with Gasteiger partial charge in [0.1, 0.15) is 0 Å². The number of carbonyl (C=O) groups excluding carboxylic acids is 1. The number of thioether (sulfide) groups is 1. The SMILES string of the molecule is CNC(=O)CCSc1cccc(N)c1. The zero-order chi connectivity index (χ0) is 10.4. The first-order valence-electron chi connectivity index (χ1n) is 4.41. The lowest BCUT2D eigenvalue weighted by molar-refractivity contribution is -0.120. The van der Waals surface area contributed by atoms with E-state index in [-0.39, 0.29) is 5.91 Å². The van der Waals surface area contributed by atoms with Gasteiger partial charge in [-0.2, -0.15) is 0 Å². The monoisotopic (exact) mass is 210 g/mol. The summed E-state index contributed by atoms with van der Waals surface area (Å²) >= 11 is 1.64. The van der Waals surface area contributed by atoms with Gasteiger partial charge >= 0.3 is 0 Å². The van der Waals surface area contributed by atoms with Crippen molar-refractivity contribution in [3.63, 3.8) is 0 Å². The molecule has 0 saturated carbocycles. The summed E-state index contributed by atoms with van der Waals surface area (Å²) < 4.78 is 0. The van der Waals surface area contributed by atoms with Gasteiger partial charge in [0.25, 0.3) is 0 Å². The number of hydrogen-bond acceptors (Lipinski definition) is 3. The predicted molar refractivity (Wildman–Crippen MR) is 60.3 cm³/mol. The first-order chi connectivity index (χ1) is 6.72. The molecule has 0 fully saturated rings. The summed E-state index contributed by atoms with van der Waals surface area (Å²) in [5, 5.41) is 2.59. The second-order valence-electron chi connectivity index (χ2n) is 2.84. The van der Waals surface area contributed by atoms with E-state index in [1.54, 1.807) is 18.8 Å². The number of nitrogen functional groups attached to an aromatic ring is 1. The summed E-state index contributed by atoms with van der Waals surface area (Å²) in [4.78, 5) is 12.0. The molecular formula is C10H14N2OS. The van der Waals surface area contributed by atoms with Crippen molar-refractivity contribution in [1.29, 1.82) is 0 Å². The zero-order valence-electron chi connectivity index (χ0n) is 8.12. The van der Waals surface area contributed by atoms with E-state index in [9.17, 15) is 4.79 Å². The summed E-state index contributed by atoms with van der Waals surface area (Å²) in [6, 6.07) is 7.67. The van der Waals surface area contributed by atoms with Crippen LogP contribution in [-0.4, -0.2) is 18.7 Å². The van der Waals surface area contributed by atoms with Gasteiger partial charge < -0.3 is 11.1 Å². The molecule has 1 rings (SSSR count). The van der Waals surface area contributed by atoms with Gasteiger partial charge in [-0.05, 0) is 18.2 Å². The summed E-state index contributed by atoms with van der Waals surface area (Å²) in [5.41, 5.74) is 6.38. The lowest BCUT2D eigenvalue weighted by Crippen LogP contribution is -2.17. The second-order valence-corrected chi connectivity index (χ2v) is 4.01. The Bertz CT molecular complexity index is 315. The Labute approximate surface area is 88.1 Å². The summed E-state index contributed by atoms with van der Waals surface area (Å²) in [6.07, 6.45) is 0.538. The molecule has 14 heavy (non-hydrogen) atoms. The lowest BCUT2D eigenvalue weighted by Gasteiger charge is -2.01. The van der Waals surface area contributed by atoms with E-state index >= 15 is 0 Å². The number of nitrogens with two attached hydrogens (primary N) is 1. The molecule has 0 aliphatic heterocycles. The van der Waals surface area contributed by atoms with Crippen LogP contribution in [0.5, 0.6) is 0 Å². The van der Waals surface area contributed by atoms with Crippen LogP contribution < -0.4 is 11.1 Å². The second kappa shape index (κ2) is 5.54. The molecule has 0 aromatic heterocycles. The predicted octanol–water partition coefficient (Wildman–Crippen LogP) is 1.50. The van der Waals surface area contributed by atoms with E-state index in [1.165, 1.54) is 0 Å². The number of benzene rings is 1. The Morgan fingerprint density at radius 1 is 1.57 bits per heavy atom. The Hall–Kier alpha value is -1.16. The fourth-order valence-electron chi connectivity index (χ4n) is 0.991. The minimum atomic E-state index is 0.0707. The number of anilines is 1. The van der Waals surface area contributed by atoms with Crippen LogP contribution in [0.25, 0.3) is 0 Å². The van der Waals surface area contributed by atoms with Crippen molar-refractivity contribution in [2.24, 2.45) is 0 Å². The summed E-state index contributed by atoms with van der Waals surface area (Å²) in [7, 11) is 1.65. The molecule has 0 spiro atoms. The average molecular weight is 210 g/mol. The van der Waals surface area contributed by atoms with Gasteiger partial charge in [0, 0.05) is 29.8 Å². The molecule has 0 aliphatic carbocycles. The molecule has 4 heteroatoms. The molecule has 1 aromatic carbocycles. The van der Waals surface area contributed by atoms with E-state index in [1.807, 2.05) is 24.3 Å². The number of nitrogens with one attached hydrogen (secondary N) is 1. The highest BCUT2D eigenvalue weighted by Gasteiger charge is 1.99. The maximum Gasteiger partial charge on any atom is 0.220 e. The van der Waals surface area contributed by atoms with Crippen LogP contribution in [0, 0.1) is 0 Å². The number of amides is 1. The number of carbonyl (C=O) groups is 1. The van der Waals surface area contributed by atoms with Crippen LogP contribution in [0.15, 0.2) is 29.2 Å². The van der Waals surface area contributed by atoms with Gasteiger partial charge in [-0.1, -0.05) is 6.07 Å². The molecule has 1 aromatic rings. The largest absolute Gasteiger partial charge is 0.399 e. The van der Waals surface area contributed by atoms with Crippen molar-refractivity contribution in [2.75, 3.05) is 18.5 Å². The van der Waals surface area contributed by atoms with Gasteiger partial charge in [-0.25, -0.2) is 0 Å². The number of hydrogen-bond donors (Lipinski definition) is 2. The standard InChI is InChI=1S/C10H14N2OS/c1-12-10(13)5-6-14-9-4-2-3-8(11)7-9/h2-4,7H,5-6,11H2,1H3,(H,12,13). The highest BCUT2D eigenvalue weighted by atomic mass is 32.2. The van der Waals surface area contributed by atoms with Crippen molar-refractivity contribution in [1.82, 2.24) is 5.32 Å². The molecule has 0 aliphatic rings. The van der Waals surface area contributed by atoms with E-state index in [0.717, 1.165) is 16.3 Å². The Balaban J connectivity index is 2.35. The molecule has 0 bridgehead atoms. The molecule has 3 nitrogen and oxygen atoms in total. The van der Waals surface area contributed by atoms with Crippen molar-refractivity contribution in [3.05, 3.63) is 24.3 Å².